The Labute approximate surface area is 71.4 Å². The predicted molar refractivity (Wildman–Crippen MR) is 45.0 cm³/mol. The van der Waals surface area contributed by atoms with Crippen molar-refractivity contribution in [1.82, 2.24) is 5.32 Å². The van der Waals surface area contributed by atoms with E-state index in [9.17, 15) is 0 Å². The van der Waals surface area contributed by atoms with Crippen molar-refractivity contribution in [2.75, 3.05) is 6.54 Å². The van der Waals surface area contributed by atoms with Crippen molar-refractivity contribution in [2.45, 2.75) is 25.3 Å². The van der Waals surface area contributed by atoms with Gasteiger partial charge in [-0.1, -0.05) is 6.42 Å². The first-order valence-electron chi connectivity index (χ1n) is 4.38. The van der Waals surface area contributed by atoms with Gasteiger partial charge in [0.25, 0.3) is 5.95 Å². The third kappa shape index (κ3) is 1.46. The molecule has 1 saturated heterocycles. The average molecular weight is 167 g/mol. The van der Waals surface area contributed by atoms with Crippen LogP contribution in [0.1, 0.15) is 31.1 Å². The van der Waals surface area contributed by atoms with Gasteiger partial charge in [-0.2, -0.15) is 0 Å². The van der Waals surface area contributed by atoms with Crippen molar-refractivity contribution in [1.29, 1.82) is 0 Å². The molecule has 1 atom stereocenters. The molecule has 2 N–H and O–H groups in total. The first-order chi connectivity index (χ1) is 5.86. The van der Waals surface area contributed by atoms with Crippen molar-refractivity contribution in [2.24, 2.45) is 0 Å². The summed E-state index contributed by atoms with van der Waals surface area (Å²) < 4.78 is 5.12. The van der Waals surface area contributed by atoms with E-state index in [-0.39, 0.29) is 5.95 Å². The second-order valence-electron chi connectivity index (χ2n) is 3.18. The lowest BCUT2D eigenvalue weighted by molar-refractivity contribution is 0.285. The number of aromatic hydroxyl groups is 1. The minimum Gasteiger partial charge on any atom is -0.481 e. The van der Waals surface area contributed by atoms with E-state index in [2.05, 4.69) is 5.32 Å². The van der Waals surface area contributed by atoms with Crippen molar-refractivity contribution in [3.63, 3.8) is 0 Å². The molecule has 2 heterocycles. The predicted octanol–water partition coefficient (Wildman–Crippen LogP) is 1.80. The minimum absolute atomic E-state index is 0.0115. The monoisotopic (exact) mass is 167 g/mol. The van der Waals surface area contributed by atoms with Crippen LogP contribution in [0.4, 0.5) is 0 Å². The molecule has 1 aromatic rings. The maximum atomic E-state index is 8.99. The zero-order valence-electron chi connectivity index (χ0n) is 6.92. The molecule has 3 nitrogen and oxygen atoms in total. The molecule has 1 aliphatic heterocycles. The van der Waals surface area contributed by atoms with Crippen molar-refractivity contribution in [3.8, 4) is 5.95 Å². The standard InChI is InChI=1S/C9H13NO2/c11-9-5-4-8(12-9)7-3-1-2-6-10-7/h4-5,7,10-11H,1-3,6H2/t7-/m1/s1. The van der Waals surface area contributed by atoms with Crippen LogP contribution in [0, 0.1) is 0 Å². The van der Waals surface area contributed by atoms with Crippen LogP contribution in [-0.2, 0) is 0 Å². The molecule has 12 heavy (non-hydrogen) atoms. The number of hydrogen-bond acceptors (Lipinski definition) is 3. The van der Waals surface area contributed by atoms with Gasteiger partial charge in [0.05, 0.1) is 6.04 Å². The van der Waals surface area contributed by atoms with E-state index in [0.717, 1.165) is 18.7 Å². The van der Waals surface area contributed by atoms with Crippen molar-refractivity contribution < 1.29 is 9.52 Å². The number of nitrogens with one attached hydrogen (secondary N) is 1. The molecule has 2 rings (SSSR count). The highest BCUT2D eigenvalue weighted by atomic mass is 16.5. The van der Waals surface area contributed by atoms with Gasteiger partial charge in [0.15, 0.2) is 0 Å². The van der Waals surface area contributed by atoms with E-state index >= 15 is 0 Å². The van der Waals surface area contributed by atoms with Crippen molar-refractivity contribution >= 4 is 0 Å². The second-order valence-corrected chi connectivity index (χ2v) is 3.18. The van der Waals surface area contributed by atoms with Crippen LogP contribution < -0.4 is 5.32 Å². The average Bonchev–Trinajstić information content (AvgIpc) is 2.54. The van der Waals surface area contributed by atoms with Crippen LogP contribution in [0.3, 0.4) is 0 Å². The van der Waals surface area contributed by atoms with E-state index < -0.39 is 0 Å². The van der Waals surface area contributed by atoms with Gasteiger partial charge < -0.3 is 14.8 Å². The van der Waals surface area contributed by atoms with Crippen LogP contribution in [0.15, 0.2) is 16.5 Å². The minimum atomic E-state index is 0.0115. The third-order valence-corrected chi connectivity index (χ3v) is 2.27. The van der Waals surface area contributed by atoms with Crippen LogP contribution in [-0.4, -0.2) is 11.7 Å². The van der Waals surface area contributed by atoms with E-state index in [1.54, 1.807) is 6.07 Å². The number of piperidine rings is 1. The van der Waals surface area contributed by atoms with Crippen LogP contribution in [0.5, 0.6) is 5.95 Å². The molecule has 0 unspecified atom stereocenters. The summed E-state index contributed by atoms with van der Waals surface area (Å²) in [5.74, 6) is 0.865. The molecule has 0 amide bonds. The van der Waals surface area contributed by atoms with Gasteiger partial charge in [-0.25, -0.2) is 0 Å². The lowest BCUT2D eigenvalue weighted by atomic mass is 10.0. The summed E-state index contributed by atoms with van der Waals surface area (Å²) in [6, 6.07) is 3.73. The molecule has 3 heteroatoms. The van der Waals surface area contributed by atoms with E-state index in [1.165, 1.54) is 12.8 Å². The largest absolute Gasteiger partial charge is 0.481 e. The molecule has 0 saturated carbocycles. The summed E-state index contributed by atoms with van der Waals surface area (Å²) in [6.45, 7) is 1.05. The lowest BCUT2D eigenvalue weighted by Gasteiger charge is -2.20. The summed E-state index contributed by atoms with van der Waals surface area (Å²) >= 11 is 0. The van der Waals surface area contributed by atoms with E-state index in [0.29, 0.717) is 6.04 Å². The quantitative estimate of drug-likeness (QED) is 0.670. The topological polar surface area (TPSA) is 45.4 Å². The molecule has 0 aliphatic carbocycles. The Hall–Kier alpha value is -0.960. The summed E-state index contributed by atoms with van der Waals surface area (Å²) in [5.41, 5.74) is 0. The molecule has 1 aromatic heterocycles. The molecular weight excluding hydrogens is 154 g/mol. The molecule has 1 fully saturated rings. The zero-order chi connectivity index (χ0) is 8.39. The fraction of sp³-hybridized carbons (Fsp3) is 0.556. The number of furan rings is 1. The molecule has 0 bridgehead atoms. The summed E-state index contributed by atoms with van der Waals surface area (Å²) in [6.07, 6.45) is 3.58. The molecule has 0 aromatic carbocycles. The Morgan fingerprint density at radius 1 is 1.42 bits per heavy atom. The Morgan fingerprint density at radius 3 is 2.92 bits per heavy atom. The first-order valence-corrected chi connectivity index (χ1v) is 4.38. The number of hydrogen-bond donors (Lipinski definition) is 2. The van der Waals surface area contributed by atoms with Crippen LogP contribution in [0.25, 0.3) is 0 Å². The molecular formula is C9H13NO2. The second kappa shape index (κ2) is 3.19. The fourth-order valence-electron chi connectivity index (χ4n) is 1.62. The van der Waals surface area contributed by atoms with Gasteiger partial charge in [-0.15, -0.1) is 0 Å². The molecule has 0 spiro atoms. The summed E-state index contributed by atoms with van der Waals surface area (Å²) in [7, 11) is 0. The Balaban J connectivity index is 2.08. The number of rotatable bonds is 1. The normalized spacial score (nSPS) is 24.2. The summed E-state index contributed by atoms with van der Waals surface area (Å²) in [5, 5.41) is 12.3. The van der Waals surface area contributed by atoms with Crippen LogP contribution >= 0.6 is 0 Å². The van der Waals surface area contributed by atoms with Gasteiger partial charge in [-0.05, 0) is 25.5 Å². The van der Waals surface area contributed by atoms with Gasteiger partial charge in [0, 0.05) is 6.07 Å². The van der Waals surface area contributed by atoms with Gasteiger partial charge in [0.1, 0.15) is 5.76 Å². The fourth-order valence-corrected chi connectivity index (χ4v) is 1.62. The highest BCUT2D eigenvalue weighted by molar-refractivity contribution is 5.13. The summed E-state index contributed by atoms with van der Waals surface area (Å²) in [4.78, 5) is 0. The highest BCUT2D eigenvalue weighted by Crippen LogP contribution is 2.26. The smallest absolute Gasteiger partial charge is 0.281 e. The third-order valence-electron chi connectivity index (χ3n) is 2.27. The highest BCUT2D eigenvalue weighted by Gasteiger charge is 2.17. The van der Waals surface area contributed by atoms with Gasteiger partial charge in [0.2, 0.25) is 0 Å². The van der Waals surface area contributed by atoms with Crippen molar-refractivity contribution in [3.05, 3.63) is 17.9 Å². The molecule has 0 radical (unpaired) electrons. The van der Waals surface area contributed by atoms with E-state index in [4.69, 9.17) is 9.52 Å². The van der Waals surface area contributed by atoms with Crippen LogP contribution in [0.2, 0.25) is 0 Å². The maximum Gasteiger partial charge on any atom is 0.281 e. The molecule has 1 aliphatic rings. The lowest BCUT2D eigenvalue weighted by Crippen LogP contribution is -2.26. The van der Waals surface area contributed by atoms with Gasteiger partial charge >= 0.3 is 0 Å². The Morgan fingerprint density at radius 2 is 2.33 bits per heavy atom. The zero-order valence-corrected chi connectivity index (χ0v) is 6.92. The Bertz CT molecular complexity index is 251. The first kappa shape index (κ1) is 7.68. The van der Waals surface area contributed by atoms with Gasteiger partial charge in [-0.3, -0.25) is 0 Å². The Kier molecular flexibility index (Phi) is 2.04. The SMILES string of the molecule is Oc1ccc([C@H]2CCCCN2)o1. The van der Waals surface area contributed by atoms with E-state index in [1.807, 2.05) is 6.07 Å². The maximum absolute atomic E-state index is 8.99. The molecule has 66 valence electrons.